The largest absolute Gasteiger partial charge is 0.332 e. The van der Waals surface area contributed by atoms with Crippen LogP contribution in [0.3, 0.4) is 0 Å². The highest BCUT2D eigenvalue weighted by Crippen LogP contribution is 2.26. The molecule has 0 saturated carbocycles. The molecule has 0 bridgehead atoms. The molecule has 0 aliphatic heterocycles. The third-order valence-corrected chi connectivity index (χ3v) is 5.49. The molecule has 0 saturated heterocycles. The maximum atomic E-state index is 12.3. The van der Waals surface area contributed by atoms with Crippen molar-refractivity contribution >= 4 is 56.8 Å². The van der Waals surface area contributed by atoms with E-state index in [0.717, 1.165) is 21.8 Å². The molecule has 2 aromatic carbocycles. The van der Waals surface area contributed by atoms with Crippen LogP contribution in [-0.4, -0.2) is 30.8 Å². The van der Waals surface area contributed by atoms with Crippen LogP contribution in [-0.2, 0) is 0 Å². The molecule has 4 rings (SSSR count). The summed E-state index contributed by atoms with van der Waals surface area (Å²) in [5.74, 6) is -0.329. The van der Waals surface area contributed by atoms with Gasteiger partial charge in [0.2, 0.25) is 4.96 Å². The number of fused-ring (bicyclic) bond motifs is 1. The summed E-state index contributed by atoms with van der Waals surface area (Å²) in [6, 6.07) is 12.7. The van der Waals surface area contributed by atoms with Gasteiger partial charge in [-0.25, -0.2) is 0 Å². The van der Waals surface area contributed by atoms with Gasteiger partial charge in [-0.15, -0.1) is 10.2 Å². The molecule has 0 radical (unpaired) electrons. The molecule has 0 atom stereocenters. The van der Waals surface area contributed by atoms with Crippen LogP contribution in [0.25, 0.3) is 15.5 Å². The fourth-order valence-electron chi connectivity index (χ4n) is 2.48. The number of rotatable bonds is 3. The topological polar surface area (TPSA) is 84.2 Å². The Labute approximate surface area is 174 Å². The zero-order valence-electron chi connectivity index (χ0n) is 14.5. The first-order valence-corrected chi connectivity index (χ1v) is 9.75. The summed E-state index contributed by atoms with van der Waals surface area (Å²) in [5.41, 5.74) is 2.98. The molecule has 2 N–H and O–H groups in total. The Hall–Kier alpha value is -2.88. The quantitative estimate of drug-likeness (QED) is 0.481. The zero-order valence-corrected chi connectivity index (χ0v) is 16.9. The molecule has 4 aromatic rings. The lowest BCUT2D eigenvalue weighted by atomic mass is 10.1. The van der Waals surface area contributed by atoms with Crippen LogP contribution >= 0.6 is 35.2 Å². The van der Waals surface area contributed by atoms with Gasteiger partial charge in [-0.05, 0) is 49.0 Å². The standard InChI is InChI=1S/C18H13ClN6OS2/c1-10-5-6-11(8-14(10)19)15(26)22-17(27)21-13-4-2-3-12(7-13)16-24-25-9-20-23-18(25)28-16/h2-9H,1H3,(H2,21,22,26,27). The summed E-state index contributed by atoms with van der Waals surface area (Å²) in [5, 5.41) is 19.4. The summed E-state index contributed by atoms with van der Waals surface area (Å²) < 4.78 is 1.62. The van der Waals surface area contributed by atoms with E-state index in [1.165, 1.54) is 11.3 Å². The van der Waals surface area contributed by atoms with Crippen LogP contribution in [0.4, 0.5) is 5.69 Å². The summed E-state index contributed by atoms with van der Waals surface area (Å²) in [6.45, 7) is 1.87. The van der Waals surface area contributed by atoms with Crippen LogP contribution in [0, 0.1) is 6.92 Å². The molecule has 10 heteroatoms. The number of anilines is 1. The number of amides is 1. The van der Waals surface area contributed by atoms with Gasteiger partial charge < -0.3 is 5.32 Å². The molecular formula is C18H13ClN6OS2. The average Bonchev–Trinajstić information content (AvgIpc) is 3.26. The van der Waals surface area contributed by atoms with Crippen molar-refractivity contribution in [3.05, 3.63) is 64.9 Å². The third kappa shape index (κ3) is 3.86. The second-order valence-corrected chi connectivity index (χ2v) is 7.69. The van der Waals surface area contributed by atoms with E-state index in [9.17, 15) is 4.79 Å². The number of aromatic nitrogens is 4. The Morgan fingerprint density at radius 3 is 2.89 bits per heavy atom. The van der Waals surface area contributed by atoms with E-state index in [2.05, 4.69) is 25.9 Å². The van der Waals surface area contributed by atoms with Crippen molar-refractivity contribution in [1.29, 1.82) is 0 Å². The predicted octanol–water partition coefficient (Wildman–Crippen LogP) is 3.94. The lowest BCUT2D eigenvalue weighted by Crippen LogP contribution is -2.34. The first-order chi connectivity index (χ1) is 13.5. The minimum atomic E-state index is -0.329. The van der Waals surface area contributed by atoms with Crippen LogP contribution in [0.15, 0.2) is 48.8 Å². The molecule has 0 aliphatic rings. The molecule has 2 heterocycles. The highest BCUT2D eigenvalue weighted by atomic mass is 35.5. The molecule has 1 amide bonds. The van der Waals surface area contributed by atoms with Crippen molar-refractivity contribution in [2.45, 2.75) is 6.92 Å². The van der Waals surface area contributed by atoms with E-state index in [1.807, 2.05) is 31.2 Å². The molecule has 0 aliphatic carbocycles. The van der Waals surface area contributed by atoms with Gasteiger partial charge in [0.25, 0.3) is 5.91 Å². The number of nitrogens with one attached hydrogen (secondary N) is 2. The van der Waals surface area contributed by atoms with Gasteiger partial charge in [-0.2, -0.15) is 9.61 Å². The van der Waals surface area contributed by atoms with Gasteiger partial charge in [-0.3, -0.25) is 10.1 Å². The number of thiocarbonyl (C=S) groups is 1. The van der Waals surface area contributed by atoms with E-state index in [-0.39, 0.29) is 11.0 Å². The molecule has 140 valence electrons. The number of carbonyl (C=O) groups is 1. The Kier molecular flexibility index (Phi) is 5.03. The third-order valence-electron chi connectivity index (χ3n) is 3.92. The van der Waals surface area contributed by atoms with Gasteiger partial charge in [-0.1, -0.05) is 41.1 Å². The number of hydrogen-bond donors (Lipinski definition) is 2. The van der Waals surface area contributed by atoms with Crippen molar-refractivity contribution in [3.63, 3.8) is 0 Å². The summed E-state index contributed by atoms with van der Waals surface area (Å²) in [7, 11) is 0. The smallest absolute Gasteiger partial charge is 0.257 e. The minimum absolute atomic E-state index is 0.192. The molecule has 2 aromatic heterocycles. The lowest BCUT2D eigenvalue weighted by molar-refractivity contribution is 0.0977. The van der Waals surface area contributed by atoms with Crippen LogP contribution in [0.5, 0.6) is 0 Å². The minimum Gasteiger partial charge on any atom is -0.332 e. The molecular weight excluding hydrogens is 416 g/mol. The van der Waals surface area contributed by atoms with Crippen molar-refractivity contribution in [3.8, 4) is 10.6 Å². The maximum Gasteiger partial charge on any atom is 0.257 e. The van der Waals surface area contributed by atoms with Crippen LogP contribution < -0.4 is 10.6 Å². The molecule has 0 fully saturated rings. The van der Waals surface area contributed by atoms with E-state index < -0.39 is 0 Å². The van der Waals surface area contributed by atoms with E-state index in [1.54, 1.807) is 29.0 Å². The number of nitrogens with zero attached hydrogens (tertiary/aromatic N) is 4. The van der Waals surface area contributed by atoms with Gasteiger partial charge in [0, 0.05) is 21.8 Å². The number of halogens is 1. The predicted molar refractivity (Wildman–Crippen MR) is 114 cm³/mol. The van der Waals surface area contributed by atoms with E-state index >= 15 is 0 Å². The van der Waals surface area contributed by atoms with E-state index in [4.69, 9.17) is 23.8 Å². The molecule has 0 unspecified atom stereocenters. The van der Waals surface area contributed by atoms with Gasteiger partial charge in [0.1, 0.15) is 11.3 Å². The fourth-order valence-corrected chi connectivity index (χ4v) is 3.69. The highest BCUT2D eigenvalue weighted by Gasteiger charge is 2.11. The van der Waals surface area contributed by atoms with Crippen molar-refractivity contribution in [2.24, 2.45) is 0 Å². The van der Waals surface area contributed by atoms with Crippen LogP contribution in [0.2, 0.25) is 5.02 Å². The summed E-state index contributed by atoms with van der Waals surface area (Å²) in [4.78, 5) is 13.1. The van der Waals surface area contributed by atoms with Crippen molar-refractivity contribution in [2.75, 3.05) is 5.32 Å². The number of aryl methyl sites for hydroxylation is 1. The lowest BCUT2D eigenvalue weighted by Gasteiger charge is -2.11. The maximum absolute atomic E-state index is 12.3. The second-order valence-electron chi connectivity index (χ2n) is 5.92. The Balaban J connectivity index is 1.46. The fraction of sp³-hybridized carbons (Fsp3) is 0.0556. The number of benzene rings is 2. The van der Waals surface area contributed by atoms with Gasteiger partial charge in [0.15, 0.2) is 5.11 Å². The first kappa shape index (κ1) is 18.5. The summed E-state index contributed by atoms with van der Waals surface area (Å²) in [6.07, 6.45) is 1.55. The van der Waals surface area contributed by atoms with Gasteiger partial charge in [0.05, 0.1) is 0 Å². The Bertz CT molecular complexity index is 1170. The zero-order chi connectivity index (χ0) is 19.7. The number of hydrogen-bond acceptors (Lipinski definition) is 6. The average molecular weight is 429 g/mol. The Morgan fingerprint density at radius 1 is 1.25 bits per heavy atom. The van der Waals surface area contributed by atoms with Crippen molar-refractivity contribution < 1.29 is 4.79 Å². The molecule has 7 nitrogen and oxygen atoms in total. The summed E-state index contributed by atoms with van der Waals surface area (Å²) >= 11 is 12.8. The first-order valence-electron chi connectivity index (χ1n) is 8.15. The molecule has 28 heavy (non-hydrogen) atoms. The monoisotopic (exact) mass is 428 g/mol. The van der Waals surface area contributed by atoms with E-state index in [0.29, 0.717) is 15.5 Å². The van der Waals surface area contributed by atoms with Crippen molar-refractivity contribution in [1.82, 2.24) is 25.1 Å². The SMILES string of the molecule is Cc1ccc(C(=O)NC(=S)Nc2cccc(-c3nn4cnnc4s3)c2)cc1Cl. The molecule has 0 spiro atoms. The Morgan fingerprint density at radius 2 is 2.11 bits per heavy atom. The van der Waals surface area contributed by atoms with Gasteiger partial charge >= 0.3 is 0 Å². The highest BCUT2D eigenvalue weighted by molar-refractivity contribution is 7.80. The normalized spacial score (nSPS) is 10.8. The number of carbonyl (C=O) groups excluding carboxylic acids is 1. The van der Waals surface area contributed by atoms with Crippen LogP contribution in [0.1, 0.15) is 15.9 Å². The second kappa shape index (κ2) is 7.63.